The van der Waals surface area contributed by atoms with Gasteiger partial charge in [0, 0.05) is 16.6 Å². The van der Waals surface area contributed by atoms with Crippen LogP contribution in [0.25, 0.3) is 0 Å². The van der Waals surface area contributed by atoms with Crippen molar-refractivity contribution in [1.82, 2.24) is 5.32 Å². The van der Waals surface area contributed by atoms with Crippen LogP contribution in [0, 0.1) is 0 Å². The van der Waals surface area contributed by atoms with Gasteiger partial charge in [-0.05, 0) is 48.9 Å². The van der Waals surface area contributed by atoms with Gasteiger partial charge in [-0.3, -0.25) is 0 Å². The van der Waals surface area contributed by atoms with Gasteiger partial charge in [0.05, 0.1) is 0 Å². The van der Waals surface area contributed by atoms with Crippen LogP contribution < -0.4 is 5.32 Å². The minimum absolute atomic E-state index is 0.344. The van der Waals surface area contributed by atoms with Crippen molar-refractivity contribution in [3.8, 4) is 0 Å². The van der Waals surface area contributed by atoms with Crippen molar-refractivity contribution in [3.05, 3.63) is 69.7 Å². The summed E-state index contributed by atoms with van der Waals surface area (Å²) in [4.78, 5) is 0. The first-order chi connectivity index (χ1) is 10.3. The average Bonchev–Trinajstić information content (AvgIpc) is 2.70. The highest BCUT2D eigenvalue weighted by molar-refractivity contribution is 9.10. The Bertz CT molecular complexity index is 608. The third-order valence-electron chi connectivity index (χ3n) is 4.44. The summed E-state index contributed by atoms with van der Waals surface area (Å²) in [6, 6.07) is 18.2. The number of nitrogens with one attached hydrogen (secondary N) is 1. The van der Waals surface area contributed by atoms with Crippen LogP contribution in [0.2, 0.25) is 0 Å². The fourth-order valence-corrected chi connectivity index (χ4v) is 3.94. The predicted octanol–water partition coefficient (Wildman–Crippen LogP) is 5.57. The second kappa shape index (κ2) is 6.76. The molecule has 2 heteroatoms. The monoisotopic (exact) mass is 343 g/mol. The Morgan fingerprint density at radius 3 is 2.67 bits per heavy atom. The van der Waals surface area contributed by atoms with Crippen molar-refractivity contribution in [3.63, 3.8) is 0 Å². The van der Waals surface area contributed by atoms with E-state index < -0.39 is 0 Å². The lowest BCUT2D eigenvalue weighted by Crippen LogP contribution is -2.25. The van der Waals surface area contributed by atoms with Crippen LogP contribution in [0.15, 0.2) is 53.0 Å². The van der Waals surface area contributed by atoms with Crippen LogP contribution in [0.4, 0.5) is 0 Å². The van der Waals surface area contributed by atoms with Crippen LogP contribution in [0.3, 0.4) is 0 Å². The lowest BCUT2D eigenvalue weighted by Gasteiger charge is -2.25. The van der Waals surface area contributed by atoms with Crippen LogP contribution in [0.5, 0.6) is 0 Å². The highest BCUT2D eigenvalue weighted by Gasteiger charge is 2.20. The van der Waals surface area contributed by atoms with Gasteiger partial charge in [0.25, 0.3) is 0 Å². The summed E-state index contributed by atoms with van der Waals surface area (Å²) in [5, 5.41) is 3.84. The molecule has 0 amide bonds. The fraction of sp³-hybridized carbons (Fsp3) is 0.368. The van der Waals surface area contributed by atoms with Crippen molar-refractivity contribution in [1.29, 1.82) is 0 Å². The molecule has 0 bridgehead atoms. The number of halogens is 1. The lowest BCUT2D eigenvalue weighted by molar-refractivity contribution is 0.437. The number of hydrogen-bond acceptors (Lipinski definition) is 1. The summed E-state index contributed by atoms with van der Waals surface area (Å²) in [6.07, 6.45) is 5.05. The standard InChI is InChI=1S/C19H22BrN/c1-14(16-10-5-6-12-18(16)20)21-19-13-7-3-9-15-8-2-4-11-17(15)19/h2,4-6,8,10-12,14,19,21H,3,7,9,13H2,1H3/t14-,19?/m1/s1. The molecule has 0 saturated carbocycles. The molecule has 21 heavy (non-hydrogen) atoms. The van der Waals surface area contributed by atoms with Crippen molar-refractivity contribution in [2.24, 2.45) is 0 Å². The topological polar surface area (TPSA) is 12.0 Å². The van der Waals surface area contributed by atoms with Gasteiger partial charge in [-0.25, -0.2) is 0 Å². The zero-order valence-corrected chi connectivity index (χ0v) is 14.1. The Morgan fingerprint density at radius 1 is 1.05 bits per heavy atom. The van der Waals surface area contributed by atoms with Crippen molar-refractivity contribution < 1.29 is 0 Å². The first kappa shape index (κ1) is 14.8. The van der Waals surface area contributed by atoms with Crippen LogP contribution in [0.1, 0.15) is 55.0 Å². The summed E-state index contributed by atoms with van der Waals surface area (Å²) >= 11 is 3.67. The van der Waals surface area contributed by atoms with E-state index in [1.54, 1.807) is 0 Å². The maximum absolute atomic E-state index is 3.84. The number of fused-ring (bicyclic) bond motifs is 1. The first-order valence-electron chi connectivity index (χ1n) is 7.84. The van der Waals surface area contributed by atoms with Crippen molar-refractivity contribution >= 4 is 15.9 Å². The SMILES string of the molecule is C[C@@H](NC1CCCCc2ccccc21)c1ccccc1Br. The molecule has 1 aliphatic rings. The highest BCUT2D eigenvalue weighted by atomic mass is 79.9. The Hall–Kier alpha value is -1.12. The molecule has 2 aromatic rings. The second-order valence-corrected chi connectivity index (χ2v) is 6.76. The zero-order chi connectivity index (χ0) is 14.7. The van der Waals surface area contributed by atoms with E-state index in [2.05, 4.69) is 76.7 Å². The predicted molar refractivity (Wildman–Crippen MR) is 92.4 cm³/mol. The van der Waals surface area contributed by atoms with E-state index in [4.69, 9.17) is 0 Å². The van der Waals surface area contributed by atoms with E-state index in [1.165, 1.54) is 46.8 Å². The van der Waals surface area contributed by atoms with Gasteiger partial charge in [0.15, 0.2) is 0 Å². The Kier molecular flexibility index (Phi) is 4.77. The number of benzene rings is 2. The summed E-state index contributed by atoms with van der Waals surface area (Å²) in [6.45, 7) is 2.26. The lowest BCUT2D eigenvalue weighted by atomic mass is 9.97. The van der Waals surface area contributed by atoms with Gasteiger partial charge in [-0.15, -0.1) is 0 Å². The molecule has 0 aromatic heterocycles. The molecular weight excluding hydrogens is 322 g/mol. The van der Waals surface area contributed by atoms with E-state index in [1.807, 2.05) is 0 Å². The highest BCUT2D eigenvalue weighted by Crippen LogP contribution is 2.32. The molecular formula is C19H22BrN. The van der Waals surface area contributed by atoms with Gasteiger partial charge < -0.3 is 5.32 Å². The molecule has 0 fully saturated rings. The molecule has 1 aliphatic carbocycles. The minimum Gasteiger partial charge on any atom is -0.303 e. The van der Waals surface area contributed by atoms with Gasteiger partial charge in [0.2, 0.25) is 0 Å². The molecule has 1 unspecified atom stereocenters. The molecule has 1 N–H and O–H groups in total. The van der Waals surface area contributed by atoms with E-state index >= 15 is 0 Å². The Morgan fingerprint density at radius 2 is 1.81 bits per heavy atom. The summed E-state index contributed by atoms with van der Waals surface area (Å²) in [5.41, 5.74) is 4.35. The maximum atomic E-state index is 3.84. The second-order valence-electron chi connectivity index (χ2n) is 5.91. The van der Waals surface area contributed by atoms with Gasteiger partial charge in [-0.1, -0.05) is 64.8 Å². The van der Waals surface area contributed by atoms with Crippen LogP contribution in [-0.2, 0) is 6.42 Å². The van der Waals surface area contributed by atoms with Crippen LogP contribution in [-0.4, -0.2) is 0 Å². The summed E-state index contributed by atoms with van der Waals surface area (Å²) in [7, 11) is 0. The maximum Gasteiger partial charge on any atom is 0.0328 e. The van der Waals surface area contributed by atoms with Gasteiger partial charge in [0.1, 0.15) is 0 Å². The largest absolute Gasteiger partial charge is 0.303 e. The average molecular weight is 344 g/mol. The van der Waals surface area contributed by atoms with Crippen molar-refractivity contribution in [2.45, 2.75) is 44.7 Å². The number of hydrogen-bond donors (Lipinski definition) is 1. The zero-order valence-electron chi connectivity index (χ0n) is 12.5. The smallest absolute Gasteiger partial charge is 0.0328 e. The number of rotatable bonds is 3. The van der Waals surface area contributed by atoms with E-state index in [9.17, 15) is 0 Å². The van der Waals surface area contributed by atoms with E-state index in [0.29, 0.717) is 12.1 Å². The minimum atomic E-state index is 0.344. The molecule has 0 radical (unpaired) electrons. The molecule has 0 saturated heterocycles. The molecule has 2 atom stereocenters. The summed E-state index contributed by atoms with van der Waals surface area (Å²) < 4.78 is 1.19. The first-order valence-corrected chi connectivity index (χ1v) is 8.63. The van der Waals surface area contributed by atoms with Gasteiger partial charge >= 0.3 is 0 Å². The quantitative estimate of drug-likeness (QED) is 0.718. The third-order valence-corrected chi connectivity index (χ3v) is 5.16. The normalized spacial score (nSPS) is 19.6. The molecule has 0 aliphatic heterocycles. The van der Waals surface area contributed by atoms with Crippen molar-refractivity contribution in [2.75, 3.05) is 0 Å². The van der Waals surface area contributed by atoms with E-state index in [-0.39, 0.29) is 0 Å². The molecule has 1 nitrogen and oxygen atoms in total. The molecule has 0 spiro atoms. The fourth-order valence-electron chi connectivity index (χ4n) is 3.31. The summed E-state index contributed by atoms with van der Waals surface area (Å²) in [5.74, 6) is 0. The molecule has 0 heterocycles. The van der Waals surface area contributed by atoms with Crippen LogP contribution >= 0.6 is 15.9 Å². The van der Waals surface area contributed by atoms with Gasteiger partial charge in [-0.2, -0.15) is 0 Å². The van der Waals surface area contributed by atoms with E-state index in [0.717, 1.165) is 0 Å². The third kappa shape index (κ3) is 3.38. The Balaban J connectivity index is 1.83. The molecule has 3 rings (SSSR count). The number of aryl methyl sites for hydroxylation is 1. The molecule has 2 aromatic carbocycles. The Labute approximate surface area is 135 Å². The molecule has 110 valence electrons.